The van der Waals surface area contributed by atoms with E-state index in [4.69, 9.17) is 4.74 Å². The maximum Gasteiger partial charge on any atom is 0.261 e. The van der Waals surface area contributed by atoms with Crippen LogP contribution in [0, 0.1) is 18.7 Å². The number of piperidine rings is 1. The summed E-state index contributed by atoms with van der Waals surface area (Å²) in [4.78, 5) is 17.3. The van der Waals surface area contributed by atoms with Gasteiger partial charge in [0.2, 0.25) is 10.0 Å². The molecule has 1 saturated heterocycles. The van der Waals surface area contributed by atoms with Crippen molar-refractivity contribution in [1.82, 2.24) is 13.9 Å². The molecule has 0 saturated carbocycles. The summed E-state index contributed by atoms with van der Waals surface area (Å²) in [5.41, 5.74) is 0.855. The van der Waals surface area contributed by atoms with Crippen molar-refractivity contribution in [1.29, 1.82) is 0 Å². The average molecular weight is 446 g/mol. The highest BCUT2D eigenvalue weighted by Crippen LogP contribution is 2.27. The Hall–Kier alpha value is -2.78. The summed E-state index contributed by atoms with van der Waals surface area (Å²) >= 11 is 0. The van der Waals surface area contributed by atoms with E-state index in [1.807, 2.05) is 0 Å². The Bertz CT molecular complexity index is 1280. The van der Waals surface area contributed by atoms with Crippen LogP contribution in [-0.2, 0) is 16.6 Å². The highest BCUT2D eigenvalue weighted by atomic mass is 32.2. The fraction of sp³-hybridized carbons (Fsp3) is 0.364. The number of methoxy groups -OCH3 is 1. The Labute approximate surface area is 180 Å². The number of benzene rings is 2. The van der Waals surface area contributed by atoms with Crippen molar-refractivity contribution in [2.45, 2.75) is 31.2 Å². The van der Waals surface area contributed by atoms with Gasteiger partial charge in [0, 0.05) is 25.7 Å². The van der Waals surface area contributed by atoms with Crippen LogP contribution in [-0.4, -0.2) is 42.5 Å². The largest absolute Gasteiger partial charge is 0.497 e. The van der Waals surface area contributed by atoms with Crippen LogP contribution >= 0.6 is 0 Å². The van der Waals surface area contributed by atoms with Gasteiger partial charge in [0.05, 0.1) is 29.2 Å². The third kappa shape index (κ3) is 4.20. The molecule has 0 bridgehead atoms. The lowest BCUT2D eigenvalue weighted by molar-refractivity contribution is 0.251. The van der Waals surface area contributed by atoms with E-state index in [2.05, 4.69) is 4.98 Å². The van der Waals surface area contributed by atoms with Crippen LogP contribution in [0.25, 0.3) is 10.9 Å². The van der Waals surface area contributed by atoms with E-state index in [1.54, 1.807) is 36.8 Å². The lowest BCUT2D eigenvalue weighted by Gasteiger charge is -2.31. The summed E-state index contributed by atoms with van der Waals surface area (Å²) in [6.45, 7) is 2.79. The second-order valence-electron chi connectivity index (χ2n) is 7.84. The molecule has 1 aliphatic heterocycles. The normalized spacial score (nSPS) is 16.0. The van der Waals surface area contributed by atoms with Gasteiger partial charge >= 0.3 is 0 Å². The van der Waals surface area contributed by atoms with Crippen molar-refractivity contribution < 1.29 is 17.5 Å². The highest BCUT2D eigenvalue weighted by molar-refractivity contribution is 7.89. The Morgan fingerprint density at radius 1 is 1.16 bits per heavy atom. The zero-order valence-corrected chi connectivity index (χ0v) is 18.2. The summed E-state index contributed by atoms with van der Waals surface area (Å²) in [6.07, 6.45) is 2.80. The second kappa shape index (κ2) is 8.39. The van der Waals surface area contributed by atoms with E-state index in [9.17, 15) is 17.6 Å². The van der Waals surface area contributed by atoms with E-state index < -0.39 is 15.8 Å². The molecule has 7 nitrogen and oxygen atoms in total. The van der Waals surface area contributed by atoms with Gasteiger partial charge in [-0.25, -0.2) is 17.8 Å². The van der Waals surface area contributed by atoms with Gasteiger partial charge in [-0.2, -0.15) is 4.31 Å². The van der Waals surface area contributed by atoms with Crippen molar-refractivity contribution in [2.24, 2.45) is 5.92 Å². The van der Waals surface area contributed by atoms with E-state index in [0.717, 1.165) is 0 Å². The zero-order chi connectivity index (χ0) is 22.2. The predicted molar refractivity (Wildman–Crippen MR) is 115 cm³/mol. The van der Waals surface area contributed by atoms with E-state index in [1.165, 1.54) is 28.8 Å². The number of aromatic nitrogens is 2. The molecule has 4 rings (SSSR count). The Morgan fingerprint density at radius 3 is 2.58 bits per heavy atom. The second-order valence-corrected chi connectivity index (χ2v) is 9.75. The Kier molecular flexibility index (Phi) is 5.81. The molecule has 0 N–H and O–H groups in total. The average Bonchev–Trinajstić information content (AvgIpc) is 2.75. The summed E-state index contributed by atoms with van der Waals surface area (Å²) in [6, 6.07) is 8.88. The van der Waals surface area contributed by atoms with Crippen molar-refractivity contribution in [3.05, 3.63) is 64.5 Å². The maximum atomic E-state index is 13.4. The number of nitrogens with zero attached hydrogens (tertiary/aromatic N) is 3. The lowest BCUT2D eigenvalue weighted by atomic mass is 9.98. The monoisotopic (exact) mass is 445 g/mol. The van der Waals surface area contributed by atoms with Crippen LogP contribution in [0.5, 0.6) is 5.75 Å². The molecule has 9 heteroatoms. The minimum Gasteiger partial charge on any atom is -0.497 e. The minimum atomic E-state index is -3.68. The van der Waals surface area contributed by atoms with Gasteiger partial charge in [0.15, 0.2) is 0 Å². The Morgan fingerprint density at radius 2 is 1.90 bits per heavy atom. The standard InChI is InChI=1S/C22H24FN3O4S/c1-15-11-17(23)3-6-21(15)31(28,29)26-9-7-16(8-10-26)13-25-14-24-20-12-18(30-2)4-5-19(20)22(25)27/h3-6,11-12,14,16H,7-10,13H2,1-2H3. The van der Waals surface area contributed by atoms with Gasteiger partial charge in [0.1, 0.15) is 11.6 Å². The summed E-state index contributed by atoms with van der Waals surface area (Å²) in [7, 11) is -2.11. The first-order valence-corrected chi connectivity index (χ1v) is 11.5. The molecule has 0 atom stereocenters. The first-order chi connectivity index (χ1) is 14.8. The van der Waals surface area contributed by atoms with E-state index >= 15 is 0 Å². The first kappa shape index (κ1) is 21.5. The molecular formula is C22H24FN3O4S. The number of aryl methyl sites for hydroxylation is 1. The highest BCUT2D eigenvalue weighted by Gasteiger charge is 2.30. The number of rotatable bonds is 5. The molecule has 0 unspecified atom stereocenters. The van der Waals surface area contributed by atoms with Crippen LogP contribution < -0.4 is 10.3 Å². The van der Waals surface area contributed by atoms with E-state index in [0.29, 0.717) is 54.7 Å². The number of sulfonamides is 1. The summed E-state index contributed by atoms with van der Waals surface area (Å²) in [5, 5.41) is 0.523. The maximum absolute atomic E-state index is 13.4. The van der Waals surface area contributed by atoms with E-state index in [-0.39, 0.29) is 16.4 Å². The minimum absolute atomic E-state index is 0.121. The van der Waals surface area contributed by atoms with Gasteiger partial charge in [-0.1, -0.05) is 0 Å². The molecule has 1 aliphatic rings. The van der Waals surface area contributed by atoms with Gasteiger partial charge < -0.3 is 4.74 Å². The smallest absolute Gasteiger partial charge is 0.261 e. The molecule has 0 spiro atoms. The van der Waals surface area contributed by atoms with Gasteiger partial charge in [-0.05, 0) is 61.6 Å². The van der Waals surface area contributed by atoms with Gasteiger partial charge in [-0.3, -0.25) is 9.36 Å². The topological polar surface area (TPSA) is 81.5 Å². The number of hydrogen-bond acceptors (Lipinski definition) is 5. The van der Waals surface area contributed by atoms with Crippen LogP contribution in [0.2, 0.25) is 0 Å². The number of ether oxygens (including phenoxy) is 1. The molecule has 164 valence electrons. The van der Waals surface area contributed by atoms with Gasteiger partial charge in [-0.15, -0.1) is 0 Å². The van der Waals surface area contributed by atoms with Crippen molar-refractivity contribution in [3.8, 4) is 5.75 Å². The van der Waals surface area contributed by atoms with Crippen LogP contribution in [0.15, 0.2) is 52.4 Å². The molecule has 2 aromatic carbocycles. The van der Waals surface area contributed by atoms with Crippen LogP contribution in [0.4, 0.5) is 4.39 Å². The quantitative estimate of drug-likeness (QED) is 0.603. The molecule has 2 heterocycles. The van der Waals surface area contributed by atoms with Gasteiger partial charge in [0.25, 0.3) is 5.56 Å². The number of fused-ring (bicyclic) bond motifs is 1. The number of hydrogen-bond donors (Lipinski definition) is 0. The molecule has 3 aromatic rings. The first-order valence-electron chi connectivity index (χ1n) is 10.1. The van der Waals surface area contributed by atoms with Crippen LogP contribution in [0.1, 0.15) is 18.4 Å². The van der Waals surface area contributed by atoms with Crippen LogP contribution in [0.3, 0.4) is 0 Å². The fourth-order valence-electron chi connectivity index (χ4n) is 4.05. The molecule has 0 amide bonds. The predicted octanol–water partition coefficient (Wildman–Crippen LogP) is 2.95. The Balaban J connectivity index is 1.47. The number of halogens is 1. The third-order valence-electron chi connectivity index (χ3n) is 5.82. The van der Waals surface area contributed by atoms with Crippen molar-refractivity contribution >= 4 is 20.9 Å². The third-order valence-corrected chi connectivity index (χ3v) is 7.87. The molecule has 0 radical (unpaired) electrons. The van der Waals surface area contributed by atoms with Crippen molar-refractivity contribution in [2.75, 3.05) is 20.2 Å². The zero-order valence-electron chi connectivity index (χ0n) is 17.4. The molecule has 31 heavy (non-hydrogen) atoms. The molecule has 0 aliphatic carbocycles. The lowest BCUT2D eigenvalue weighted by Crippen LogP contribution is -2.40. The SMILES string of the molecule is COc1ccc2c(=O)n(CC3CCN(S(=O)(=O)c4ccc(F)cc4C)CC3)cnc2c1. The van der Waals surface area contributed by atoms with Crippen molar-refractivity contribution in [3.63, 3.8) is 0 Å². The fourth-order valence-corrected chi connectivity index (χ4v) is 5.72. The molecule has 1 fully saturated rings. The molecular weight excluding hydrogens is 421 g/mol. The summed E-state index contributed by atoms with van der Waals surface area (Å²) in [5.74, 6) is 0.348. The molecule has 1 aromatic heterocycles. The summed E-state index contributed by atoms with van der Waals surface area (Å²) < 4.78 is 47.5.